The molecule has 0 aliphatic carbocycles. The Bertz CT molecular complexity index is 839. The molecule has 6 heteroatoms. The first-order valence-corrected chi connectivity index (χ1v) is 9.37. The van der Waals surface area contributed by atoms with Crippen molar-refractivity contribution < 1.29 is 9.53 Å². The number of thiazole rings is 1. The van der Waals surface area contributed by atoms with E-state index in [0.717, 1.165) is 16.3 Å². The van der Waals surface area contributed by atoms with Crippen molar-refractivity contribution >= 4 is 34.3 Å². The summed E-state index contributed by atoms with van der Waals surface area (Å²) in [5.41, 5.74) is 2.46. The number of hydrogen-bond acceptors (Lipinski definition) is 5. The number of anilines is 1. The first-order chi connectivity index (χ1) is 11.5. The molecule has 3 rings (SSSR count). The van der Waals surface area contributed by atoms with Gasteiger partial charge in [-0.25, -0.2) is 4.98 Å². The highest BCUT2D eigenvalue weighted by Crippen LogP contribution is 2.31. The van der Waals surface area contributed by atoms with Crippen LogP contribution in [0.2, 0.25) is 0 Å². The van der Waals surface area contributed by atoms with Crippen LogP contribution in [0.25, 0.3) is 10.6 Å². The number of aromatic nitrogens is 1. The highest BCUT2D eigenvalue weighted by molar-refractivity contribution is 7.17. The molecule has 1 aromatic carbocycles. The number of rotatable bonds is 5. The highest BCUT2D eigenvalue weighted by Gasteiger charge is 2.18. The Morgan fingerprint density at radius 3 is 2.75 bits per heavy atom. The molecule has 0 fully saturated rings. The van der Waals surface area contributed by atoms with E-state index in [9.17, 15) is 4.79 Å². The van der Waals surface area contributed by atoms with Crippen molar-refractivity contribution in [1.29, 1.82) is 0 Å². The fourth-order valence-electron chi connectivity index (χ4n) is 2.22. The summed E-state index contributed by atoms with van der Waals surface area (Å²) in [6.45, 7) is 5.77. The minimum Gasteiger partial charge on any atom is -0.489 e. The van der Waals surface area contributed by atoms with Gasteiger partial charge in [0.25, 0.3) is 5.91 Å². The third-order valence-electron chi connectivity index (χ3n) is 3.27. The maximum atomic E-state index is 12.7. The number of carbonyl (C=O) groups is 1. The van der Waals surface area contributed by atoms with Crippen molar-refractivity contribution in [3.8, 4) is 16.3 Å². The van der Waals surface area contributed by atoms with Crippen molar-refractivity contribution in [3.63, 3.8) is 0 Å². The average molecular weight is 358 g/mol. The highest BCUT2D eigenvalue weighted by atomic mass is 32.1. The van der Waals surface area contributed by atoms with Gasteiger partial charge in [-0.3, -0.25) is 4.79 Å². The van der Waals surface area contributed by atoms with Gasteiger partial charge in [0.2, 0.25) is 0 Å². The van der Waals surface area contributed by atoms with Gasteiger partial charge in [0.05, 0.1) is 17.5 Å². The predicted molar refractivity (Wildman–Crippen MR) is 100 cm³/mol. The average Bonchev–Trinajstić information content (AvgIpc) is 3.18. The summed E-state index contributed by atoms with van der Waals surface area (Å²) >= 11 is 3.02. The molecule has 0 atom stereocenters. The van der Waals surface area contributed by atoms with Crippen LogP contribution in [0.3, 0.4) is 0 Å². The molecule has 24 heavy (non-hydrogen) atoms. The van der Waals surface area contributed by atoms with Gasteiger partial charge in [-0.15, -0.1) is 11.3 Å². The number of nitrogens with zero attached hydrogens (tertiary/aromatic N) is 1. The molecule has 0 aliphatic heterocycles. The van der Waals surface area contributed by atoms with E-state index < -0.39 is 0 Å². The van der Waals surface area contributed by atoms with Crippen molar-refractivity contribution in [2.24, 2.45) is 0 Å². The molecule has 0 saturated carbocycles. The van der Waals surface area contributed by atoms with Crippen LogP contribution in [-0.2, 0) is 0 Å². The first kappa shape index (κ1) is 16.7. The van der Waals surface area contributed by atoms with E-state index >= 15 is 0 Å². The van der Waals surface area contributed by atoms with Gasteiger partial charge in [-0.2, -0.15) is 11.3 Å². The second kappa shape index (κ2) is 7.15. The smallest absolute Gasteiger partial charge is 0.267 e. The minimum atomic E-state index is -0.161. The third-order valence-corrected chi connectivity index (χ3v) is 5.16. The molecule has 2 heterocycles. The van der Waals surface area contributed by atoms with E-state index in [1.807, 2.05) is 61.9 Å². The minimum absolute atomic E-state index is 0.0402. The molecule has 3 aromatic rings. The van der Waals surface area contributed by atoms with Gasteiger partial charge in [0.15, 0.2) is 0 Å². The number of ether oxygens (including phenoxy) is 1. The molecule has 0 spiro atoms. The summed E-state index contributed by atoms with van der Waals surface area (Å²) < 4.78 is 5.75. The maximum absolute atomic E-state index is 12.7. The zero-order valence-corrected chi connectivity index (χ0v) is 15.3. The van der Waals surface area contributed by atoms with Gasteiger partial charge in [0.1, 0.15) is 15.6 Å². The van der Waals surface area contributed by atoms with Crippen LogP contribution in [0.4, 0.5) is 5.69 Å². The molecule has 4 nitrogen and oxygen atoms in total. The van der Waals surface area contributed by atoms with Crippen LogP contribution in [0, 0.1) is 6.92 Å². The van der Waals surface area contributed by atoms with Crippen LogP contribution in [0.15, 0.2) is 41.1 Å². The Kier molecular flexibility index (Phi) is 4.97. The van der Waals surface area contributed by atoms with Crippen molar-refractivity contribution in [2.75, 3.05) is 5.32 Å². The summed E-state index contributed by atoms with van der Waals surface area (Å²) in [4.78, 5) is 17.8. The summed E-state index contributed by atoms with van der Waals surface area (Å²) in [5.74, 6) is 0.507. The van der Waals surface area contributed by atoms with E-state index in [1.165, 1.54) is 11.3 Å². The molecule has 0 aliphatic rings. The molecule has 1 amide bonds. The normalized spacial score (nSPS) is 10.8. The molecule has 0 bridgehead atoms. The van der Waals surface area contributed by atoms with Crippen molar-refractivity contribution in [2.45, 2.75) is 26.9 Å². The van der Waals surface area contributed by atoms with Crippen LogP contribution in [0.1, 0.15) is 29.2 Å². The lowest BCUT2D eigenvalue weighted by Gasteiger charge is -2.14. The summed E-state index contributed by atoms with van der Waals surface area (Å²) in [5, 5.41) is 7.85. The second-order valence-electron chi connectivity index (χ2n) is 5.56. The lowest BCUT2D eigenvalue weighted by Crippen LogP contribution is -2.14. The lowest BCUT2D eigenvalue weighted by molar-refractivity contribution is 0.102. The Hall–Kier alpha value is -2.18. The number of nitrogens with one attached hydrogen (secondary N) is 1. The van der Waals surface area contributed by atoms with E-state index in [4.69, 9.17) is 4.74 Å². The van der Waals surface area contributed by atoms with Gasteiger partial charge in [-0.1, -0.05) is 12.1 Å². The quantitative estimate of drug-likeness (QED) is 0.680. The van der Waals surface area contributed by atoms with Crippen LogP contribution >= 0.6 is 22.7 Å². The molecule has 2 aromatic heterocycles. The Morgan fingerprint density at radius 1 is 1.25 bits per heavy atom. The number of aryl methyl sites for hydroxylation is 1. The van der Waals surface area contributed by atoms with Gasteiger partial charge < -0.3 is 10.1 Å². The maximum Gasteiger partial charge on any atom is 0.267 e. The zero-order chi connectivity index (χ0) is 17.1. The topological polar surface area (TPSA) is 51.2 Å². The Labute approximate surface area is 149 Å². The fraction of sp³-hybridized carbons (Fsp3) is 0.222. The molecule has 124 valence electrons. The van der Waals surface area contributed by atoms with Crippen molar-refractivity contribution in [3.05, 3.63) is 51.7 Å². The molecule has 0 unspecified atom stereocenters. The SMILES string of the molecule is Cc1nc(-c2ccsc2)sc1C(=O)Nc1ccccc1OC(C)C. The largest absolute Gasteiger partial charge is 0.489 e. The molecular weight excluding hydrogens is 340 g/mol. The number of thiophene rings is 1. The van der Waals surface area contributed by atoms with Gasteiger partial charge >= 0.3 is 0 Å². The number of para-hydroxylation sites is 2. The summed E-state index contributed by atoms with van der Waals surface area (Å²) in [7, 11) is 0. The van der Waals surface area contributed by atoms with Crippen LogP contribution < -0.4 is 10.1 Å². The Balaban J connectivity index is 1.84. The van der Waals surface area contributed by atoms with E-state index in [1.54, 1.807) is 11.3 Å². The van der Waals surface area contributed by atoms with Gasteiger partial charge in [0, 0.05) is 10.9 Å². The van der Waals surface area contributed by atoms with E-state index in [2.05, 4.69) is 10.3 Å². The molecule has 0 saturated heterocycles. The number of carbonyl (C=O) groups excluding carboxylic acids is 1. The van der Waals surface area contributed by atoms with Gasteiger partial charge in [-0.05, 0) is 44.4 Å². The van der Waals surface area contributed by atoms with Crippen LogP contribution in [0.5, 0.6) is 5.75 Å². The zero-order valence-electron chi connectivity index (χ0n) is 13.7. The monoisotopic (exact) mass is 358 g/mol. The standard InChI is InChI=1S/C18H18N2O2S2/c1-11(2)22-15-7-5-4-6-14(15)20-17(21)16-12(3)19-18(24-16)13-8-9-23-10-13/h4-11H,1-3H3,(H,20,21). The lowest BCUT2D eigenvalue weighted by atomic mass is 10.2. The first-order valence-electron chi connectivity index (χ1n) is 7.61. The molecular formula is C18H18N2O2S2. The third kappa shape index (κ3) is 3.66. The summed E-state index contributed by atoms with van der Waals surface area (Å²) in [6, 6.07) is 9.47. The predicted octanol–water partition coefficient (Wildman–Crippen LogP) is 5.22. The molecule has 1 N–H and O–H groups in total. The van der Waals surface area contributed by atoms with E-state index in [0.29, 0.717) is 16.3 Å². The van der Waals surface area contributed by atoms with Crippen molar-refractivity contribution in [1.82, 2.24) is 4.98 Å². The second-order valence-corrected chi connectivity index (χ2v) is 7.34. The Morgan fingerprint density at radius 2 is 2.04 bits per heavy atom. The van der Waals surface area contributed by atoms with Crippen LogP contribution in [-0.4, -0.2) is 17.0 Å². The fourth-order valence-corrected chi connectivity index (χ4v) is 3.90. The summed E-state index contributed by atoms with van der Waals surface area (Å²) in [6.07, 6.45) is 0.0402. The number of benzene rings is 1. The number of amides is 1. The molecule has 0 radical (unpaired) electrons. The number of hydrogen-bond donors (Lipinski definition) is 1. The van der Waals surface area contributed by atoms with E-state index in [-0.39, 0.29) is 12.0 Å².